The Bertz CT molecular complexity index is 305. The number of hydrogen-bond acceptors (Lipinski definition) is 1. The molecule has 0 aliphatic heterocycles. The van der Waals surface area contributed by atoms with Gasteiger partial charge in [0.2, 0.25) is 0 Å². The molecule has 0 fully saturated rings. The SMILES string of the molecule is CCC(=O)c1cccc(C)c1Cl. The van der Waals surface area contributed by atoms with Crippen LogP contribution in [0.4, 0.5) is 0 Å². The van der Waals surface area contributed by atoms with Crippen molar-refractivity contribution < 1.29 is 4.79 Å². The van der Waals surface area contributed by atoms with Crippen molar-refractivity contribution in [3.8, 4) is 0 Å². The van der Waals surface area contributed by atoms with Crippen LogP contribution in [0.2, 0.25) is 5.02 Å². The van der Waals surface area contributed by atoms with Gasteiger partial charge in [-0.25, -0.2) is 0 Å². The lowest BCUT2D eigenvalue weighted by molar-refractivity contribution is 0.0988. The minimum absolute atomic E-state index is 0.101. The average molecular weight is 183 g/mol. The molecule has 2 heteroatoms. The van der Waals surface area contributed by atoms with Gasteiger partial charge >= 0.3 is 0 Å². The molecule has 0 saturated heterocycles. The van der Waals surface area contributed by atoms with E-state index in [0.717, 1.165) is 5.56 Å². The predicted molar refractivity (Wildman–Crippen MR) is 50.8 cm³/mol. The van der Waals surface area contributed by atoms with Crippen molar-refractivity contribution in [2.24, 2.45) is 0 Å². The molecular weight excluding hydrogens is 172 g/mol. The molecule has 0 aromatic heterocycles. The lowest BCUT2D eigenvalue weighted by Crippen LogP contribution is -1.98. The van der Waals surface area contributed by atoms with Crippen LogP contribution in [0, 0.1) is 6.92 Å². The number of ketones is 1. The number of Topliss-reactive ketones (excluding diaryl/α,β-unsaturated/α-hetero) is 1. The molecule has 12 heavy (non-hydrogen) atoms. The van der Waals surface area contributed by atoms with Crippen LogP contribution in [-0.2, 0) is 0 Å². The monoisotopic (exact) mass is 182 g/mol. The van der Waals surface area contributed by atoms with Gasteiger partial charge in [-0.15, -0.1) is 0 Å². The number of rotatable bonds is 2. The van der Waals surface area contributed by atoms with E-state index < -0.39 is 0 Å². The lowest BCUT2D eigenvalue weighted by atomic mass is 10.1. The zero-order valence-electron chi connectivity index (χ0n) is 7.23. The summed E-state index contributed by atoms with van der Waals surface area (Å²) in [6.45, 7) is 3.73. The molecule has 0 unspecified atom stereocenters. The molecule has 1 rings (SSSR count). The summed E-state index contributed by atoms with van der Waals surface area (Å²) in [5.41, 5.74) is 1.59. The third-order valence-electron chi connectivity index (χ3n) is 1.81. The van der Waals surface area contributed by atoms with Crippen LogP contribution < -0.4 is 0 Å². The van der Waals surface area contributed by atoms with E-state index >= 15 is 0 Å². The van der Waals surface area contributed by atoms with E-state index in [0.29, 0.717) is 17.0 Å². The van der Waals surface area contributed by atoms with Crippen molar-refractivity contribution in [1.82, 2.24) is 0 Å². The normalized spacial score (nSPS) is 9.92. The Hall–Kier alpha value is -0.820. The largest absolute Gasteiger partial charge is 0.294 e. The average Bonchev–Trinajstić information content (AvgIpc) is 2.08. The third-order valence-corrected chi connectivity index (χ3v) is 2.32. The summed E-state index contributed by atoms with van der Waals surface area (Å²) in [4.78, 5) is 11.3. The fraction of sp³-hybridized carbons (Fsp3) is 0.300. The maximum absolute atomic E-state index is 11.3. The van der Waals surface area contributed by atoms with Gasteiger partial charge in [-0.1, -0.05) is 30.7 Å². The molecular formula is C10H11ClO. The van der Waals surface area contributed by atoms with Gasteiger partial charge in [-0.05, 0) is 18.6 Å². The van der Waals surface area contributed by atoms with Crippen molar-refractivity contribution in [3.05, 3.63) is 34.3 Å². The maximum atomic E-state index is 11.3. The molecule has 0 N–H and O–H groups in total. The number of hydrogen-bond donors (Lipinski definition) is 0. The molecule has 0 aliphatic rings. The maximum Gasteiger partial charge on any atom is 0.164 e. The van der Waals surface area contributed by atoms with Crippen LogP contribution >= 0.6 is 11.6 Å². The highest BCUT2D eigenvalue weighted by atomic mass is 35.5. The first kappa shape index (κ1) is 9.27. The molecule has 0 amide bonds. The standard InChI is InChI=1S/C10H11ClO/c1-3-9(12)8-6-4-5-7(2)10(8)11/h4-6H,3H2,1-2H3. The fourth-order valence-corrected chi connectivity index (χ4v) is 1.28. The minimum Gasteiger partial charge on any atom is -0.294 e. The van der Waals surface area contributed by atoms with Crippen LogP contribution in [0.5, 0.6) is 0 Å². The summed E-state index contributed by atoms with van der Waals surface area (Å²) in [6, 6.07) is 5.51. The molecule has 0 atom stereocenters. The number of halogens is 1. The highest BCUT2D eigenvalue weighted by Gasteiger charge is 2.08. The first-order chi connectivity index (χ1) is 5.66. The van der Waals surface area contributed by atoms with Gasteiger partial charge in [0, 0.05) is 12.0 Å². The molecule has 1 aromatic carbocycles. The molecule has 0 bridgehead atoms. The van der Waals surface area contributed by atoms with E-state index in [-0.39, 0.29) is 5.78 Å². The van der Waals surface area contributed by atoms with E-state index in [2.05, 4.69) is 0 Å². The minimum atomic E-state index is 0.101. The van der Waals surface area contributed by atoms with E-state index in [1.54, 1.807) is 6.07 Å². The molecule has 0 spiro atoms. The summed E-state index contributed by atoms with van der Waals surface area (Å²) < 4.78 is 0. The first-order valence-corrected chi connectivity index (χ1v) is 4.33. The number of carbonyl (C=O) groups excluding carboxylic acids is 1. The number of aryl methyl sites for hydroxylation is 1. The molecule has 1 nitrogen and oxygen atoms in total. The van der Waals surface area contributed by atoms with Crippen LogP contribution in [0.15, 0.2) is 18.2 Å². The molecule has 0 heterocycles. The molecule has 0 radical (unpaired) electrons. The molecule has 64 valence electrons. The van der Waals surface area contributed by atoms with Crippen molar-refractivity contribution >= 4 is 17.4 Å². The van der Waals surface area contributed by atoms with E-state index in [9.17, 15) is 4.79 Å². The first-order valence-electron chi connectivity index (χ1n) is 3.95. The Morgan fingerprint density at radius 1 is 1.50 bits per heavy atom. The Kier molecular flexibility index (Phi) is 2.88. The third kappa shape index (κ3) is 1.67. The van der Waals surface area contributed by atoms with Gasteiger partial charge in [-0.2, -0.15) is 0 Å². The second kappa shape index (κ2) is 3.72. The van der Waals surface area contributed by atoms with Gasteiger partial charge < -0.3 is 0 Å². The topological polar surface area (TPSA) is 17.1 Å². The molecule has 0 aliphatic carbocycles. The summed E-state index contributed by atoms with van der Waals surface area (Å²) in [5, 5.41) is 0.587. The van der Waals surface area contributed by atoms with Crippen LogP contribution in [-0.4, -0.2) is 5.78 Å². The Labute approximate surface area is 77.4 Å². The van der Waals surface area contributed by atoms with Gasteiger partial charge in [0.25, 0.3) is 0 Å². The van der Waals surface area contributed by atoms with Gasteiger partial charge in [-0.3, -0.25) is 4.79 Å². The van der Waals surface area contributed by atoms with Crippen molar-refractivity contribution in [3.63, 3.8) is 0 Å². The van der Waals surface area contributed by atoms with Crippen LogP contribution in [0.1, 0.15) is 29.3 Å². The summed E-state index contributed by atoms with van der Waals surface area (Å²) >= 11 is 5.95. The van der Waals surface area contributed by atoms with E-state index in [4.69, 9.17) is 11.6 Å². The van der Waals surface area contributed by atoms with Gasteiger partial charge in [0.05, 0.1) is 5.02 Å². The van der Waals surface area contributed by atoms with Gasteiger partial charge in [0.15, 0.2) is 5.78 Å². The molecule has 0 saturated carbocycles. The zero-order valence-corrected chi connectivity index (χ0v) is 7.98. The smallest absolute Gasteiger partial charge is 0.164 e. The van der Waals surface area contributed by atoms with Crippen LogP contribution in [0.3, 0.4) is 0 Å². The lowest BCUT2D eigenvalue weighted by Gasteiger charge is -2.03. The Balaban J connectivity index is 3.16. The van der Waals surface area contributed by atoms with Crippen LogP contribution in [0.25, 0.3) is 0 Å². The number of benzene rings is 1. The zero-order chi connectivity index (χ0) is 9.14. The van der Waals surface area contributed by atoms with Crippen molar-refractivity contribution in [2.75, 3.05) is 0 Å². The summed E-state index contributed by atoms with van der Waals surface area (Å²) in [6.07, 6.45) is 0.503. The predicted octanol–water partition coefficient (Wildman–Crippen LogP) is 3.24. The Morgan fingerprint density at radius 3 is 2.75 bits per heavy atom. The Morgan fingerprint density at radius 2 is 2.17 bits per heavy atom. The van der Waals surface area contributed by atoms with Gasteiger partial charge in [0.1, 0.15) is 0 Å². The molecule has 1 aromatic rings. The van der Waals surface area contributed by atoms with Crippen molar-refractivity contribution in [2.45, 2.75) is 20.3 Å². The summed E-state index contributed by atoms with van der Waals surface area (Å²) in [7, 11) is 0. The quantitative estimate of drug-likeness (QED) is 0.642. The van der Waals surface area contributed by atoms with Crippen molar-refractivity contribution in [1.29, 1.82) is 0 Å². The fourth-order valence-electron chi connectivity index (χ4n) is 1.05. The second-order valence-electron chi connectivity index (χ2n) is 2.71. The van der Waals surface area contributed by atoms with E-state index in [1.807, 2.05) is 26.0 Å². The highest BCUT2D eigenvalue weighted by molar-refractivity contribution is 6.34. The summed E-state index contributed by atoms with van der Waals surface area (Å²) in [5.74, 6) is 0.101. The number of carbonyl (C=O) groups is 1. The van der Waals surface area contributed by atoms with E-state index in [1.165, 1.54) is 0 Å². The highest BCUT2D eigenvalue weighted by Crippen LogP contribution is 2.21. The second-order valence-corrected chi connectivity index (χ2v) is 3.09.